The number of alkyl halides is 5. The highest BCUT2D eigenvalue weighted by Crippen LogP contribution is 2.33. The van der Waals surface area contributed by atoms with Crippen LogP contribution >= 0.6 is 79.6 Å². The van der Waals surface area contributed by atoms with Crippen molar-refractivity contribution in [2.45, 2.75) is 69.6 Å². The Kier molecular flexibility index (Phi) is 9.66. The highest BCUT2D eigenvalue weighted by atomic mass is 79.9. The summed E-state index contributed by atoms with van der Waals surface area (Å²) in [6, 6.07) is 0. The molecule has 1 saturated carbocycles. The van der Waals surface area contributed by atoms with Crippen molar-refractivity contribution >= 4 is 79.6 Å². The SMILES string of the molecule is CC1CCC(Br)C(Br)CCC(Br)C(Br)CCC1Br. The Bertz CT molecular complexity index is 173. The van der Waals surface area contributed by atoms with Crippen LogP contribution in [0.25, 0.3) is 0 Å². The summed E-state index contributed by atoms with van der Waals surface area (Å²) in [7, 11) is 0. The van der Waals surface area contributed by atoms with Crippen LogP contribution in [-0.4, -0.2) is 24.1 Å². The van der Waals surface area contributed by atoms with E-state index in [2.05, 4.69) is 86.6 Å². The maximum absolute atomic E-state index is 3.86. The van der Waals surface area contributed by atoms with Crippen LogP contribution in [0.2, 0.25) is 0 Å². The Morgan fingerprint density at radius 1 is 0.500 bits per heavy atom. The Hall–Kier alpha value is 2.40. The van der Waals surface area contributed by atoms with E-state index >= 15 is 0 Å². The molecular formula is C13H21Br5. The smallest absolute Gasteiger partial charge is 0.0271 e. The summed E-state index contributed by atoms with van der Waals surface area (Å²) < 4.78 is 0. The highest BCUT2D eigenvalue weighted by molar-refractivity contribution is 9.12. The van der Waals surface area contributed by atoms with Gasteiger partial charge in [-0.25, -0.2) is 0 Å². The first kappa shape index (κ1) is 18.4. The first-order valence-electron chi connectivity index (χ1n) is 6.62. The van der Waals surface area contributed by atoms with E-state index in [1.165, 1.54) is 38.5 Å². The molecular weight excluding hydrogens is 556 g/mol. The van der Waals surface area contributed by atoms with Crippen LogP contribution in [0, 0.1) is 5.92 Å². The lowest BCUT2D eigenvalue weighted by molar-refractivity contribution is 0.451. The summed E-state index contributed by atoms with van der Waals surface area (Å²) in [4.78, 5) is 2.97. The van der Waals surface area contributed by atoms with Gasteiger partial charge < -0.3 is 0 Å². The molecule has 0 aromatic carbocycles. The van der Waals surface area contributed by atoms with Gasteiger partial charge in [-0.05, 0) is 44.4 Å². The molecule has 1 fully saturated rings. The zero-order valence-corrected chi connectivity index (χ0v) is 18.5. The van der Waals surface area contributed by atoms with Gasteiger partial charge in [-0.1, -0.05) is 86.6 Å². The zero-order chi connectivity index (χ0) is 13.7. The van der Waals surface area contributed by atoms with Crippen LogP contribution < -0.4 is 0 Å². The topological polar surface area (TPSA) is 0 Å². The van der Waals surface area contributed by atoms with E-state index in [-0.39, 0.29) is 0 Å². The predicted molar refractivity (Wildman–Crippen MR) is 100 cm³/mol. The molecule has 0 aromatic rings. The molecule has 0 N–H and O–H groups in total. The molecule has 0 aromatic heterocycles. The third-order valence-corrected chi connectivity index (χ3v) is 10.9. The van der Waals surface area contributed by atoms with Gasteiger partial charge in [0.1, 0.15) is 0 Å². The van der Waals surface area contributed by atoms with Crippen molar-refractivity contribution in [3.8, 4) is 0 Å². The summed E-state index contributed by atoms with van der Waals surface area (Å²) in [5, 5.41) is 0. The van der Waals surface area contributed by atoms with Gasteiger partial charge in [0.25, 0.3) is 0 Å². The monoisotopic (exact) mass is 572 g/mol. The van der Waals surface area contributed by atoms with Crippen LogP contribution in [-0.2, 0) is 0 Å². The number of halogens is 5. The van der Waals surface area contributed by atoms with Crippen molar-refractivity contribution in [1.29, 1.82) is 0 Å². The fraction of sp³-hybridized carbons (Fsp3) is 1.00. The summed E-state index contributed by atoms with van der Waals surface area (Å²) in [6.45, 7) is 2.36. The summed E-state index contributed by atoms with van der Waals surface area (Å²) >= 11 is 19.2. The largest absolute Gasteiger partial charge is 0.0888 e. The van der Waals surface area contributed by atoms with E-state index in [4.69, 9.17) is 0 Å². The fourth-order valence-corrected chi connectivity index (χ4v) is 4.89. The van der Waals surface area contributed by atoms with Crippen molar-refractivity contribution in [3.05, 3.63) is 0 Å². The van der Waals surface area contributed by atoms with Crippen molar-refractivity contribution in [1.82, 2.24) is 0 Å². The molecule has 1 aliphatic rings. The average Bonchev–Trinajstić information content (AvgIpc) is 2.36. The molecule has 0 aliphatic heterocycles. The molecule has 0 amide bonds. The molecule has 0 spiro atoms. The minimum Gasteiger partial charge on any atom is -0.0888 e. The van der Waals surface area contributed by atoms with Gasteiger partial charge in [0.05, 0.1) is 0 Å². The van der Waals surface area contributed by atoms with E-state index in [1.54, 1.807) is 0 Å². The molecule has 0 saturated heterocycles. The molecule has 6 atom stereocenters. The number of hydrogen-bond acceptors (Lipinski definition) is 0. The van der Waals surface area contributed by atoms with Crippen LogP contribution in [0.3, 0.4) is 0 Å². The molecule has 1 aliphatic carbocycles. The second kappa shape index (κ2) is 9.42. The Morgan fingerprint density at radius 3 is 1.17 bits per heavy atom. The molecule has 0 heterocycles. The van der Waals surface area contributed by atoms with Gasteiger partial charge in [-0.3, -0.25) is 0 Å². The summed E-state index contributed by atoms with van der Waals surface area (Å²) in [5.41, 5.74) is 0. The third kappa shape index (κ3) is 6.44. The van der Waals surface area contributed by atoms with E-state index in [9.17, 15) is 0 Å². The molecule has 5 heteroatoms. The van der Waals surface area contributed by atoms with Crippen LogP contribution in [0.1, 0.15) is 45.4 Å². The molecule has 0 bridgehead atoms. The summed E-state index contributed by atoms with van der Waals surface area (Å²) in [6.07, 6.45) is 7.48. The maximum atomic E-state index is 3.86. The molecule has 0 nitrogen and oxygen atoms in total. The highest BCUT2D eigenvalue weighted by Gasteiger charge is 2.25. The van der Waals surface area contributed by atoms with Gasteiger partial charge in [0, 0.05) is 24.1 Å². The summed E-state index contributed by atoms with van der Waals surface area (Å²) in [5.74, 6) is 0.748. The Balaban J connectivity index is 2.61. The number of rotatable bonds is 0. The van der Waals surface area contributed by atoms with E-state index in [0.717, 1.165) is 5.92 Å². The first-order valence-corrected chi connectivity index (χ1v) is 11.2. The van der Waals surface area contributed by atoms with Crippen LogP contribution in [0.5, 0.6) is 0 Å². The van der Waals surface area contributed by atoms with E-state index in [0.29, 0.717) is 24.1 Å². The molecule has 1 rings (SSSR count). The van der Waals surface area contributed by atoms with Gasteiger partial charge in [-0.2, -0.15) is 0 Å². The van der Waals surface area contributed by atoms with Crippen LogP contribution in [0.15, 0.2) is 0 Å². The molecule has 6 unspecified atom stereocenters. The lowest BCUT2D eigenvalue weighted by atomic mass is 9.94. The minimum absolute atomic E-state index is 0.576. The Morgan fingerprint density at radius 2 is 0.778 bits per heavy atom. The van der Waals surface area contributed by atoms with Crippen molar-refractivity contribution in [3.63, 3.8) is 0 Å². The quantitative estimate of drug-likeness (QED) is 0.279. The van der Waals surface area contributed by atoms with Gasteiger partial charge in [0.2, 0.25) is 0 Å². The van der Waals surface area contributed by atoms with Gasteiger partial charge in [0.15, 0.2) is 0 Å². The Labute approximate surface area is 153 Å². The second-order valence-electron chi connectivity index (χ2n) is 5.29. The second-order valence-corrected chi connectivity index (χ2v) is 11.2. The van der Waals surface area contributed by atoms with Gasteiger partial charge >= 0.3 is 0 Å². The van der Waals surface area contributed by atoms with Crippen molar-refractivity contribution in [2.75, 3.05) is 0 Å². The fourth-order valence-electron chi connectivity index (χ4n) is 2.25. The van der Waals surface area contributed by atoms with Crippen LogP contribution in [0.4, 0.5) is 0 Å². The standard InChI is InChI=1S/C13H21Br5/c1-8-2-3-10(15)12(17)6-7-13(18)11(16)5-4-9(8)14/h8-13H,2-7H2,1H3. The van der Waals surface area contributed by atoms with E-state index < -0.39 is 0 Å². The van der Waals surface area contributed by atoms with Gasteiger partial charge in [-0.15, -0.1) is 0 Å². The lowest BCUT2D eigenvalue weighted by Gasteiger charge is -2.26. The average molecular weight is 577 g/mol. The third-order valence-electron chi connectivity index (χ3n) is 3.74. The maximum Gasteiger partial charge on any atom is 0.0271 e. The zero-order valence-electron chi connectivity index (χ0n) is 10.6. The molecule has 0 radical (unpaired) electrons. The van der Waals surface area contributed by atoms with Crippen molar-refractivity contribution in [2.24, 2.45) is 5.92 Å². The normalized spacial score (nSPS) is 45.0. The number of hydrogen-bond donors (Lipinski definition) is 0. The predicted octanol–water partition coefficient (Wildman–Crippen LogP) is 6.79. The first-order chi connectivity index (χ1) is 8.41. The van der Waals surface area contributed by atoms with E-state index in [1.807, 2.05) is 0 Å². The lowest BCUT2D eigenvalue weighted by Crippen LogP contribution is -2.24. The minimum atomic E-state index is 0.576. The van der Waals surface area contributed by atoms with Crippen molar-refractivity contribution < 1.29 is 0 Å². The molecule has 108 valence electrons. The molecule has 18 heavy (non-hydrogen) atoms.